The molecule has 1 unspecified atom stereocenters. The highest BCUT2D eigenvalue weighted by atomic mass is 15.1. The molecule has 102 valence electrons. The zero-order chi connectivity index (χ0) is 13.7. The van der Waals surface area contributed by atoms with Crippen LogP contribution in [0.3, 0.4) is 0 Å². The van der Waals surface area contributed by atoms with Crippen molar-refractivity contribution in [1.82, 2.24) is 10.2 Å². The highest BCUT2D eigenvalue weighted by Gasteiger charge is 2.17. The Morgan fingerprint density at radius 3 is 2.53 bits per heavy atom. The number of likely N-dealkylation sites (tertiary alicyclic amines) is 1. The molecule has 0 aromatic heterocycles. The van der Waals surface area contributed by atoms with E-state index in [1.807, 2.05) is 24.3 Å². The van der Waals surface area contributed by atoms with Gasteiger partial charge in [-0.1, -0.05) is 12.1 Å². The Hall–Kier alpha value is -1.37. The van der Waals surface area contributed by atoms with Gasteiger partial charge in [-0.05, 0) is 70.1 Å². The summed E-state index contributed by atoms with van der Waals surface area (Å²) in [6, 6.07) is 10.4. The fourth-order valence-corrected chi connectivity index (χ4v) is 2.57. The lowest BCUT2D eigenvalue weighted by Gasteiger charge is -2.30. The smallest absolute Gasteiger partial charge is 0.0991 e. The highest BCUT2D eigenvalue weighted by molar-refractivity contribution is 5.32. The van der Waals surface area contributed by atoms with Gasteiger partial charge in [-0.25, -0.2) is 0 Å². The number of nitrogens with zero attached hydrogens (tertiary/aromatic N) is 2. The van der Waals surface area contributed by atoms with Gasteiger partial charge in [0.05, 0.1) is 11.6 Å². The Balaban J connectivity index is 1.80. The second-order valence-corrected chi connectivity index (χ2v) is 5.61. The van der Waals surface area contributed by atoms with E-state index in [9.17, 15) is 0 Å². The van der Waals surface area contributed by atoms with Crippen molar-refractivity contribution < 1.29 is 0 Å². The second-order valence-electron chi connectivity index (χ2n) is 5.61. The molecule has 0 radical (unpaired) electrons. The van der Waals surface area contributed by atoms with E-state index in [-0.39, 0.29) is 0 Å². The summed E-state index contributed by atoms with van der Waals surface area (Å²) in [5, 5.41) is 12.4. The van der Waals surface area contributed by atoms with Crippen LogP contribution in [0, 0.1) is 17.2 Å². The first-order chi connectivity index (χ1) is 9.19. The summed E-state index contributed by atoms with van der Waals surface area (Å²) in [5.41, 5.74) is 1.98. The Kier molecular flexibility index (Phi) is 4.95. The summed E-state index contributed by atoms with van der Waals surface area (Å²) in [7, 11) is 2.20. The van der Waals surface area contributed by atoms with Crippen LogP contribution < -0.4 is 5.32 Å². The second kappa shape index (κ2) is 6.70. The van der Waals surface area contributed by atoms with Crippen molar-refractivity contribution in [3.05, 3.63) is 35.4 Å². The molecule has 2 rings (SSSR count). The molecule has 1 aliphatic rings. The zero-order valence-electron chi connectivity index (χ0n) is 11.9. The van der Waals surface area contributed by atoms with Gasteiger partial charge in [0.25, 0.3) is 0 Å². The van der Waals surface area contributed by atoms with E-state index in [0.29, 0.717) is 6.04 Å². The normalized spacial score (nSPS) is 19.0. The summed E-state index contributed by atoms with van der Waals surface area (Å²) in [6.07, 6.45) is 2.59. The predicted molar refractivity (Wildman–Crippen MR) is 77.8 cm³/mol. The summed E-state index contributed by atoms with van der Waals surface area (Å²) in [5.74, 6) is 0.803. The molecule has 3 nitrogen and oxygen atoms in total. The van der Waals surface area contributed by atoms with Gasteiger partial charge in [0.1, 0.15) is 0 Å². The van der Waals surface area contributed by atoms with Crippen LogP contribution in [0.2, 0.25) is 0 Å². The highest BCUT2D eigenvalue weighted by Crippen LogP contribution is 2.18. The van der Waals surface area contributed by atoms with E-state index in [4.69, 9.17) is 5.26 Å². The third kappa shape index (κ3) is 4.05. The molecule has 1 N–H and O–H groups in total. The van der Waals surface area contributed by atoms with E-state index < -0.39 is 0 Å². The minimum atomic E-state index is 0.354. The molecule has 1 heterocycles. The van der Waals surface area contributed by atoms with E-state index in [1.54, 1.807) is 0 Å². The lowest BCUT2D eigenvalue weighted by molar-refractivity contribution is 0.213. The van der Waals surface area contributed by atoms with Crippen LogP contribution in [0.5, 0.6) is 0 Å². The van der Waals surface area contributed by atoms with Gasteiger partial charge in [0, 0.05) is 6.04 Å². The number of hydrogen-bond acceptors (Lipinski definition) is 3. The van der Waals surface area contributed by atoms with Gasteiger partial charge < -0.3 is 10.2 Å². The molecule has 0 amide bonds. The van der Waals surface area contributed by atoms with Gasteiger partial charge >= 0.3 is 0 Å². The number of rotatable bonds is 4. The van der Waals surface area contributed by atoms with Crippen molar-refractivity contribution >= 4 is 0 Å². The number of nitriles is 1. The van der Waals surface area contributed by atoms with Crippen LogP contribution in [0.15, 0.2) is 24.3 Å². The maximum atomic E-state index is 8.79. The number of hydrogen-bond donors (Lipinski definition) is 1. The molecule has 1 saturated heterocycles. The van der Waals surface area contributed by atoms with Crippen LogP contribution in [-0.4, -0.2) is 31.6 Å². The van der Waals surface area contributed by atoms with Gasteiger partial charge in [0.15, 0.2) is 0 Å². The van der Waals surface area contributed by atoms with E-state index in [0.717, 1.165) is 18.0 Å². The minimum Gasteiger partial charge on any atom is -0.310 e. The van der Waals surface area contributed by atoms with Gasteiger partial charge in [-0.3, -0.25) is 0 Å². The number of benzene rings is 1. The molecule has 1 aliphatic heterocycles. The van der Waals surface area contributed by atoms with Crippen LogP contribution in [0.4, 0.5) is 0 Å². The molecule has 0 aliphatic carbocycles. The van der Waals surface area contributed by atoms with Crippen molar-refractivity contribution in [3.8, 4) is 6.07 Å². The summed E-state index contributed by atoms with van der Waals surface area (Å²) in [4.78, 5) is 2.40. The Labute approximate surface area is 116 Å². The van der Waals surface area contributed by atoms with Gasteiger partial charge in [-0.2, -0.15) is 5.26 Å². The number of nitrogens with one attached hydrogen (secondary N) is 1. The molecule has 0 spiro atoms. The average molecular weight is 257 g/mol. The minimum absolute atomic E-state index is 0.354. The Morgan fingerprint density at radius 2 is 1.95 bits per heavy atom. The molecule has 1 atom stereocenters. The van der Waals surface area contributed by atoms with E-state index in [1.165, 1.54) is 31.5 Å². The van der Waals surface area contributed by atoms with E-state index >= 15 is 0 Å². The molecule has 1 fully saturated rings. The van der Waals surface area contributed by atoms with Gasteiger partial charge in [-0.15, -0.1) is 0 Å². The summed E-state index contributed by atoms with van der Waals surface area (Å²) >= 11 is 0. The largest absolute Gasteiger partial charge is 0.310 e. The molecule has 19 heavy (non-hydrogen) atoms. The topological polar surface area (TPSA) is 39.1 Å². The summed E-state index contributed by atoms with van der Waals surface area (Å²) in [6.45, 7) is 5.72. The maximum absolute atomic E-state index is 8.79. The predicted octanol–water partition coefficient (Wildman–Crippen LogP) is 2.55. The Morgan fingerprint density at radius 1 is 1.32 bits per heavy atom. The first kappa shape index (κ1) is 14.0. The van der Waals surface area contributed by atoms with Crippen molar-refractivity contribution in [2.45, 2.75) is 25.8 Å². The Bertz CT molecular complexity index is 424. The molecular weight excluding hydrogens is 234 g/mol. The van der Waals surface area contributed by atoms with Crippen molar-refractivity contribution in [1.29, 1.82) is 5.26 Å². The molecule has 1 aromatic carbocycles. The molecule has 1 aromatic rings. The summed E-state index contributed by atoms with van der Waals surface area (Å²) < 4.78 is 0. The number of piperidine rings is 1. The maximum Gasteiger partial charge on any atom is 0.0991 e. The lowest BCUT2D eigenvalue weighted by Crippen LogP contribution is -2.35. The standard InChI is InChI=1S/C16H23N3/c1-13(16-5-3-14(11-17)4-6-16)18-12-15-7-9-19(2)10-8-15/h3-6,13,15,18H,7-10,12H2,1-2H3. The average Bonchev–Trinajstić information content (AvgIpc) is 2.46. The van der Waals surface area contributed by atoms with Crippen LogP contribution >= 0.6 is 0 Å². The van der Waals surface area contributed by atoms with Crippen LogP contribution in [0.25, 0.3) is 0 Å². The lowest BCUT2D eigenvalue weighted by atomic mass is 9.96. The monoisotopic (exact) mass is 257 g/mol. The quantitative estimate of drug-likeness (QED) is 0.901. The van der Waals surface area contributed by atoms with Crippen molar-refractivity contribution in [2.75, 3.05) is 26.7 Å². The van der Waals surface area contributed by atoms with Crippen molar-refractivity contribution in [3.63, 3.8) is 0 Å². The van der Waals surface area contributed by atoms with E-state index in [2.05, 4.69) is 30.3 Å². The third-order valence-electron chi connectivity index (χ3n) is 4.09. The fraction of sp³-hybridized carbons (Fsp3) is 0.562. The molecule has 0 saturated carbocycles. The first-order valence-corrected chi connectivity index (χ1v) is 7.11. The molecular formula is C16H23N3. The molecule has 3 heteroatoms. The van der Waals surface area contributed by atoms with Gasteiger partial charge in [0.2, 0.25) is 0 Å². The molecule has 0 bridgehead atoms. The first-order valence-electron chi connectivity index (χ1n) is 7.11. The van der Waals surface area contributed by atoms with Crippen molar-refractivity contribution in [2.24, 2.45) is 5.92 Å². The van der Waals surface area contributed by atoms with Crippen LogP contribution in [0.1, 0.15) is 36.9 Å². The SMILES string of the molecule is CC(NCC1CCN(C)CC1)c1ccc(C#N)cc1. The third-order valence-corrected chi connectivity index (χ3v) is 4.09. The fourth-order valence-electron chi connectivity index (χ4n) is 2.57. The van der Waals surface area contributed by atoms with Crippen LogP contribution in [-0.2, 0) is 0 Å². The zero-order valence-corrected chi connectivity index (χ0v) is 11.9.